The van der Waals surface area contributed by atoms with Gasteiger partial charge in [-0.15, -0.1) is 23.2 Å². The normalized spacial score (nSPS) is 19.8. The highest BCUT2D eigenvalue weighted by atomic mass is 35.5. The smallest absolute Gasteiger partial charge is 0.123 e. The van der Waals surface area contributed by atoms with Crippen molar-refractivity contribution in [3.63, 3.8) is 0 Å². The third-order valence-electron chi connectivity index (χ3n) is 3.94. The first kappa shape index (κ1) is 15.1. The molecule has 1 saturated heterocycles. The van der Waals surface area contributed by atoms with Gasteiger partial charge in [0.25, 0.3) is 0 Å². The van der Waals surface area contributed by atoms with Crippen molar-refractivity contribution in [2.24, 2.45) is 0 Å². The van der Waals surface area contributed by atoms with Crippen LogP contribution in [0.5, 0.6) is 0 Å². The Bertz CT molecular complexity index is 384. The number of benzene rings is 1. The van der Waals surface area contributed by atoms with Crippen LogP contribution in [0, 0.1) is 5.82 Å². The van der Waals surface area contributed by atoms with Gasteiger partial charge in [0.2, 0.25) is 0 Å². The second kappa shape index (κ2) is 6.92. The minimum absolute atomic E-state index is 0.235. The minimum Gasteiger partial charge on any atom is -0.378 e. The molecule has 106 valence electrons. The van der Waals surface area contributed by atoms with Crippen molar-refractivity contribution in [3.05, 3.63) is 35.6 Å². The molecular weight excluding hydrogens is 286 g/mol. The van der Waals surface area contributed by atoms with Crippen molar-refractivity contribution in [1.29, 1.82) is 0 Å². The summed E-state index contributed by atoms with van der Waals surface area (Å²) in [7, 11) is 0. The van der Waals surface area contributed by atoms with E-state index in [1.807, 2.05) is 0 Å². The Kier molecular flexibility index (Phi) is 5.49. The Morgan fingerprint density at radius 1 is 1.21 bits per heavy atom. The lowest BCUT2D eigenvalue weighted by Gasteiger charge is -2.31. The molecule has 19 heavy (non-hydrogen) atoms. The molecule has 1 nitrogen and oxygen atoms in total. The molecule has 1 fully saturated rings. The highest BCUT2D eigenvalue weighted by Crippen LogP contribution is 2.34. The molecule has 1 atom stereocenters. The fraction of sp³-hybridized carbons (Fsp3) is 0.600. The summed E-state index contributed by atoms with van der Waals surface area (Å²) in [5.41, 5.74) is 0.722. The van der Waals surface area contributed by atoms with E-state index in [-0.39, 0.29) is 11.2 Å². The van der Waals surface area contributed by atoms with Crippen LogP contribution in [0.15, 0.2) is 24.3 Å². The summed E-state index contributed by atoms with van der Waals surface area (Å²) >= 11 is 12.3. The zero-order chi connectivity index (χ0) is 13.7. The Hall–Kier alpha value is -0.310. The molecule has 0 aliphatic carbocycles. The second-order valence-corrected chi connectivity index (χ2v) is 5.76. The molecule has 0 amide bonds. The summed E-state index contributed by atoms with van der Waals surface area (Å²) < 4.78 is 18.7. The molecule has 0 radical (unpaired) electrons. The average Bonchev–Trinajstić information content (AvgIpc) is 2.95. The van der Waals surface area contributed by atoms with Crippen LogP contribution in [0.3, 0.4) is 0 Å². The maximum Gasteiger partial charge on any atom is 0.123 e. The maximum absolute atomic E-state index is 13.0. The molecule has 2 rings (SSSR count). The maximum atomic E-state index is 13.0. The van der Waals surface area contributed by atoms with Crippen LogP contribution in [0.25, 0.3) is 0 Å². The lowest BCUT2D eigenvalue weighted by molar-refractivity contribution is 0.0976. The predicted molar refractivity (Wildman–Crippen MR) is 77.7 cm³/mol. The quantitative estimate of drug-likeness (QED) is 0.703. The van der Waals surface area contributed by atoms with Gasteiger partial charge in [0, 0.05) is 23.8 Å². The van der Waals surface area contributed by atoms with Crippen molar-refractivity contribution in [2.75, 3.05) is 18.4 Å². The predicted octanol–water partition coefficient (Wildman–Crippen LogP) is 4.50. The Balaban J connectivity index is 2.09. The summed E-state index contributed by atoms with van der Waals surface area (Å²) in [5.74, 6) is 0.643. The molecule has 1 heterocycles. The lowest BCUT2D eigenvalue weighted by atomic mass is 9.79. The summed E-state index contributed by atoms with van der Waals surface area (Å²) in [4.78, 5) is 0. The number of halogens is 3. The van der Waals surface area contributed by atoms with Crippen molar-refractivity contribution < 1.29 is 9.13 Å². The molecule has 1 unspecified atom stereocenters. The molecule has 0 N–H and O–H groups in total. The van der Waals surface area contributed by atoms with Gasteiger partial charge in [-0.3, -0.25) is 0 Å². The summed E-state index contributed by atoms with van der Waals surface area (Å²) in [6, 6.07) is 6.51. The Morgan fingerprint density at radius 3 is 2.42 bits per heavy atom. The molecule has 0 bridgehead atoms. The molecule has 1 aliphatic heterocycles. The van der Waals surface area contributed by atoms with Gasteiger partial charge >= 0.3 is 0 Å². The summed E-state index contributed by atoms with van der Waals surface area (Å²) in [6.45, 7) is 0.857. The van der Waals surface area contributed by atoms with Gasteiger partial charge in [-0.05, 0) is 43.4 Å². The van der Waals surface area contributed by atoms with Gasteiger partial charge in [-0.1, -0.05) is 12.1 Å². The zero-order valence-corrected chi connectivity index (χ0v) is 12.4. The van der Waals surface area contributed by atoms with Gasteiger partial charge in [0.05, 0.1) is 6.10 Å². The molecule has 1 aromatic rings. The summed E-state index contributed by atoms with van der Waals surface area (Å²) in [5, 5.41) is 0. The number of ether oxygens (including phenoxy) is 1. The molecule has 1 aromatic carbocycles. The van der Waals surface area contributed by atoms with Gasteiger partial charge < -0.3 is 4.74 Å². The van der Waals surface area contributed by atoms with Crippen LogP contribution < -0.4 is 0 Å². The number of alkyl halides is 2. The molecular formula is C15H19Cl2FO. The molecule has 0 spiro atoms. The molecule has 0 aromatic heterocycles. The van der Waals surface area contributed by atoms with E-state index < -0.39 is 0 Å². The van der Waals surface area contributed by atoms with E-state index in [0.29, 0.717) is 17.9 Å². The topological polar surface area (TPSA) is 9.23 Å². The SMILES string of the molecule is Fc1ccc(C(CCl)(CCl)CCC2CCCO2)cc1. The van der Waals surface area contributed by atoms with E-state index in [4.69, 9.17) is 27.9 Å². The van der Waals surface area contributed by atoms with Gasteiger partial charge in [-0.2, -0.15) is 0 Å². The minimum atomic E-state index is -0.289. The van der Waals surface area contributed by atoms with E-state index >= 15 is 0 Å². The van der Waals surface area contributed by atoms with Gasteiger partial charge in [0.15, 0.2) is 0 Å². The van der Waals surface area contributed by atoms with Crippen LogP contribution in [-0.4, -0.2) is 24.5 Å². The lowest BCUT2D eigenvalue weighted by Crippen LogP contribution is -2.32. The van der Waals surface area contributed by atoms with E-state index in [9.17, 15) is 4.39 Å². The molecule has 1 aliphatic rings. The van der Waals surface area contributed by atoms with Crippen LogP contribution in [0.1, 0.15) is 31.2 Å². The monoisotopic (exact) mass is 304 g/mol. The molecule has 4 heteroatoms. The van der Waals surface area contributed by atoms with E-state index in [1.165, 1.54) is 12.1 Å². The average molecular weight is 305 g/mol. The van der Waals surface area contributed by atoms with Crippen LogP contribution in [0.4, 0.5) is 4.39 Å². The third kappa shape index (κ3) is 3.62. The fourth-order valence-electron chi connectivity index (χ4n) is 2.58. The van der Waals surface area contributed by atoms with E-state index in [0.717, 1.165) is 37.9 Å². The Morgan fingerprint density at radius 2 is 1.89 bits per heavy atom. The van der Waals surface area contributed by atoms with Crippen molar-refractivity contribution >= 4 is 23.2 Å². The van der Waals surface area contributed by atoms with Crippen LogP contribution in [-0.2, 0) is 10.2 Å². The van der Waals surface area contributed by atoms with Crippen molar-refractivity contribution in [2.45, 2.75) is 37.2 Å². The zero-order valence-electron chi connectivity index (χ0n) is 10.9. The number of rotatable bonds is 6. The first-order valence-electron chi connectivity index (χ1n) is 6.70. The highest BCUT2D eigenvalue weighted by Gasteiger charge is 2.32. The van der Waals surface area contributed by atoms with E-state index in [2.05, 4.69) is 0 Å². The highest BCUT2D eigenvalue weighted by molar-refractivity contribution is 6.22. The van der Waals surface area contributed by atoms with Crippen molar-refractivity contribution in [3.8, 4) is 0 Å². The first-order valence-corrected chi connectivity index (χ1v) is 7.77. The standard InChI is InChI=1S/C15H19Cl2FO/c16-10-15(11-17,8-7-14-2-1-9-19-14)12-3-5-13(18)6-4-12/h3-6,14H,1-2,7-11H2. The summed E-state index contributed by atoms with van der Waals surface area (Å²) in [6.07, 6.45) is 4.40. The first-order chi connectivity index (χ1) is 9.20. The van der Waals surface area contributed by atoms with Crippen LogP contribution >= 0.6 is 23.2 Å². The van der Waals surface area contributed by atoms with Gasteiger partial charge in [0.1, 0.15) is 5.82 Å². The van der Waals surface area contributed by atoms with E-state index in [1.54, 1.807) is 12.1 Å². The molecule has 0 saturated carbocycles. The second-order valence-electron chi connectivity index (χ2n) is 5.23. The Labute approximate surface area is 124 Å². The van der Waals surface area contributed by atoms with Gasteiger partial charge in [-0.25, -0.2) is 4.39 Å². The van der Waals surface area contributed by atoms with Crippen molar-refractivity contribution in [1.82, 2.24) is 0 Å². The van der Waals surface area contributed by atoms with Crippen LogP contribution in [0.2, 0.25) is 0 Å². The fourth-order valence-corrected chi connectivity index (χ4v) is 3.44. The number of hydrogen-bond acceptors (Lipinski definition) is 1. The number of hydrogen-bond donors (Lipinski definition) is 0. The third-order valence-corrected chi connectivity index (χ3v) is 4.96. The largest absolute Gasteiger partial charge is 0.378 e.